The van der Waals surface area contributed by atoms with Gasteiger partial charge in [0.05, 0.1) is 92.9 Å². The summed E-state index contributed by atoms with van der Waals surface area (Å²) >= 11 is 17.7. The smallest absolute Gasteiger partial charge is 0.271 e. The molecule has 0 fully saturated rings. The van der Waals surface area contributed by atoms with Crippen LogP contribution in [0.15, 0.2) is 128 Å². The number of hydrogen-bond donors (Lipinski definition) is 21. The number of pyridine rings is 2. The number of aliphatic imine (C=N–C) groups is 4. The molecule has 14 aromatic heterocycles. The number of hydrogen-bond acceptors (Lipinski definition) is 43. The fourth-order valence-corrected chi connectivity index (χ4v) is 18.1. The van der Waals surface area contributed by atoms with Gasteiger partial charge in [-0.15, -0.1) is 5.92 Å². The second-order valence-electron chi connectivity index (χ2n) is 27.3. The van der Waals surface area contributed by atoms with Crippen LogP contribution in [0.5, 0.6) is 5.88 Å². The molecule has 0 spiro atoms. The van der Waals surface area contributed by atoms with E-state index in [-0.39, 0.29) is 97.7 Å². The van der Waals surface area contributed by atoms with Crippen molar-refractivity contribution in [3.63, 3.8) is 0 Å². The van der Waals surface area contributed by atoms with E-state index < -0.39 is 76.7 Å². The summed E-state index contributed by atoms with van der Waals surface area (Å²) in [6.45, 7) is 14.9. The van der Waals surface area contributed by atoms with Crippen molar-refractivity contribution in [2.45, 2.75) is 99.5 Å². The number of amides is 4. The third-order valence-electron chi connectivity index (χ3n) is 17.4. The summed E-state index contributed by atoms with van der Waals surface area (Å²) in [5.74, 6) is 3.95. The molecule has 3 atom stereocenters. The molecule has 0 aliphatic carbocycles. The van der Waals surface area contributed by atoms with E-state index in [1.807, 2.05) is 33.8 Å². The number of oxazole rings is 1. The highest BCUT2D eigenvalue weighted by Crippen LogP contribution is 2.38. The first-order valence-corrected chi connectivity index (χ1v) is 46.6. The number of carbonyl (C=O) groups is 4. The summed E-state index contributed by atoms with van der Waals surface area (Å²) in [6.07, 6.45) is 14.7. The Balaban J connectivity index is 0.000000172. The quantitative estimate of drug-likeness (QED) is 0.0109. The number of anilines is 12. The van der Waals surface area contributed by atoms with Crippen LogP contribution in [0.2, 0.25) is 5.02 Å². The van der Waals surface area contributed by atoms with E-state index in [1.165, 1.54) is 56.0 Å². The van der Waals surface area contributed by atoms with Crippen molar-refractivity contribution < 1.29 is 49.1 Å². The van der Waals surface area contributed by atoms with Crippen LogP contribution in [-0.2, 0) is 0 Å². The zero-order chi connectivity index (χ0) is 96.7. The fourth-order valence-electron chi connectivity index (χ4n) is 11.0. The largest absolute Gasteiger partial charge is 0.492 e. The molecule has 0 saturated heterocycles. The molecule has 0 aliphatic heterocycles. The molecule has 14 rings (SSSR count). The van der Waals surface area contributed by atoms with E-state index in [2.05, 4.69) is 173 Å². The lowest BCUT2D eigenvalue weighted by Crippen LogP contribution is -2.25. The molecule has 47 nitrogen and oxygen atoms in total. The van der Waals surface area contributed by atoms with E-state index in [4.69, 9.17) is 44.1 Å². The van der Waals surface area contributed by atoms with Gasteiger partial charge in [0.25, 0.3) is 45.9 Å². The number of amidine groups is 4. The predicted molar refractivity (Wildman–Crippen MR) is 522 cm³/mol. The van der Waals surface area contributed by atoms with Gasteiger partial charge in [-0.2, -0.15) is 4.98 Å². The molecule has 3 unspecified atom stereocenters. The number of aromatic amines is 4. The number of aromatic hydroxyl groups is 1. The molecule has 25 N–H and O–H groups in total. The van der Waals surface area contributed by atoms with Crippen LogP contribution in [-0.4, -0.2) is 199 Å². The van der Waals surface area contributed by atoms with Gasteiger partial charge >= 0.3 is 0 Å². The normalized spacial score (nSPS) is 12.2. The minimum atomic E-state index is -1.45. The van der Waals surface area contributed by atoms with E-state index >= 15 is 0 Å². The lowest BCUT2D eigenvalue weighted by Gasteiger charge is -2.13. The number of nitrogens with zero attached hydrogens (tertiary/aromatic N) is 17. The van der Waals surface area contributed by atoms with Crippen LogP contribution in [0, 0.1) is 39.5 Å². The average Bonchev–Trinajstić information content (AvgIpc) is 1.22. The Labute approximate surface area is 801 Å². The van der Waals surface area contributed by atoms with Gasteiger partial charge in [-0.25, -0.2) is 54.8 Å². The first kappa shape index (κ1) is 100. The molecule has 0 aromatic carbocycles. The predicted octanol–water partition coefficient (Wildman–Crippen LogP) is 8.85. The number of thiazole rings is 4. The van der Waals surface area contributed by atoms with Crippen LogP contribution in [0.1, 0.15) is 137 Å². The van der Waals surface area contributed by atoms with Crippen LogP contribution >= 0.6 is 119 Å². The van der Waals surface area contributed by atoms with Crippen molar-refractivity contribution in [1.29, 1.82) is 0 Å². The highest BCUT2D eigenvalue weighted by molar-refractivity contribution is 9.10. The molecule has 698 valence electrons. The van der Waals surface area contributed by atoms with Crippen LogP contribution in [0.4, 0.5) is 64.1 Å². The standard InChI is InChI=1S/C22H21ClN8O3S2.C20H21N9O4S2.C20H22N8O3S2.C15H15BrN8O4S2/c1-9(2)27-17(24)13-18(32)31-36-21(13)30-22-29-20(34)16(35-22)19(33)28-14-10(3)15(26-8-11(14)23)12-6-4-5-7-25-12;1-3-11(7-30)26-15(21)13-16(31)29-35-18(13)28-20-25-9(2)14(34-20)17(32)27-19-23-4-10(5-24-19)12-6-22-8-33-12;1-4-6-11-7-22-19(23-8-11)26-17(31)14-10(3)24-20(32-14)27-18-13(16(30)28-33-18)15(21)25-12(5-2)9-29;1-5-9(12(28)22-14-18-2-6(16)3-19-14)29-15(20-5)23-13-8(11(27)24-30-13)10(17)21-7(26)4-25/h4-9,34H,1-3H3,(H2,24,27)(H,29,30)(H,31,32)(H,26,28,33);4-6,8,11,30H,3,7H2,1-2H3,(H2,21,26)(H,25,28)(H,29,31)(H,23,24,27,32);7-8,12,29H,5,9H2,1-3H3,(H2,21,25)(H,24,27)(H,28,30)(H,22,23,26,31);2-3,7,25-26H,4H2,1H3,(H2,17,21)(H,20,23)(H,24,27)(H,18,19,22,28). The maximum Gasteiger partial charge on any atom is 0.271 e. The number of aliphatic hydroxyl groups excluding tert-OH is 4. The summed E-state index contributed by atoms with van der Waals surface area (Å²) in [5, 5.41) is 72.9. The van der Waals surface area contributed by atoms with Crippen molar-refractivity contribution >= 4 is 230 Å². The zero-order valence-electron chi connectivity index (χ0n) is 71.2. The molecule has 14 heterocycles. The summed E-state index contributed by atoms with van der Waals surface area (Å²) in [7, 11) is 0. The highest BCUT2D eigenvalue weighted by atomic mass is 79.9. The topological polar surface area (TPSA) is 731 Å². The number of aromatic nitrogens is 17. The van der Waals surface area contributed by atoms with Crippen molar-refractivity contribution in [2.24, 2.45) is 42.9 Å². The van der Waals surface area contributed by atoms with E-state index in [0.29, 0.717) is 124 Å². The molecule has 57 heteroatoms. The summed E-state index contributed by atoms with van der Waals surface area (Å²) in [5.41, 5.74) is 27.4. The van der Waals surface area contributed by atoms with Gasteiger partial charge < -0.3 is 79.5 Å². The average molecular weight is 2060 g/mol. The fraction of sp³-hybridized carbons (Fsp3) is 0.234. The number of nitrogens with one attached hydrogen (secondary N) is 12. The number of aryl methyl sites for hydroxylation is 3. The maximum absolute atomic E-state index is 13.0. The van der Waals surface area contributed by atoms with Gasteiger partial charge in [0.15, 0.2) is 43.8 Å². The minimum Gasteiger partial charge on any atom is -0.492 e. The molecule has 134 heavy (non-hydrogen) atoms. The second-order valence-corrected chi connectivity index (χ2v) is 35.9. The van der Waals surface area contributed by atoms with E-state index in [9.17, 15) is 58.8 Å². The molecule has 0 saturated carbocycles. The van der Waals surface area contributed by atoms with Crippen molar-refractivity contribution in [2.75, 3.05) is 62.4 Å². The van der Waals surface area contributed by atoms with Gasteiger partial charge in [-0.1, -0.05) is 82.8 Å². The lowest BCUT2D eigenvalue weighted by atomic mass is 10.1. The maximum atomic E-state index is 13.0. The molecular weight excluding hydrogens is 1980 g/mol. The number of rotatable bonds is 31. The Morgan fingerprint density at radius 1 is 0.530 bits per heavy atom. The van der Waals surface area contributed by atoms with Gasteiger partial charge in [-0.3, -0.25) is 96.7 Å². The van der Waals surface area contributed by atoms with E-state index in [0.717, 1.165) is 91.5 Å². The third kappa shape index (κ3) is 26.0. The lowest BCUT2D eigenvalue weighted by molar-refractivity contribution is 0.101. The Hall–Kier alpha value is -14.1. The number of nitrogens with two attached hydrogens (primary N) is 4. The Morgan fingerprint density at radius 3 is 1.32 bits per heavy atom. The van der Waals surface area contributed by atoms with Crippen molar-refractivity contribution in [3.05, 3.63) is 201 Å². The molecule has 0 bridgehead atoms. The molecule has 0 aliphatic rings. The van der Waals surface area contributed by atoms with Crippen LogP contribution in [0.3, 0.4) is 0 Å². The summed E-state index contributed by atoms with van der Waals surface area (Å²) in [6, 6.07) is 4.49. The molecule has 14 aromatic rings. The highest BCUT2D eigenvalue weighted by Gasteiger charge is 2.29. The monoisotopic (exact) mass is 2060 g/mol. The van der Waals surface area contributed by atoms with Crippen molar-refractivity contribution in [1.82, 2.24) is 82.3 Å². The number of halogens is 2. The Bertz CT molecular complexity index is 6960. The number of H-pyrrole nitrogens is 4. The first-order chi connectivity index (χ1) is 64.2. The van der Waals surface area contributed by atoms with Gasteiger partial charge in [0.1, 0.15) is 80.2 Å². The van der Waals surface area contributed by atoms with Crippen LogP contribution in [0.25, 0.3) is 22.7 Å². The van der Waals surface area contributed by atoms with Crippen molar-refractivity contribution in [3.8, 4) is 40.4 Å². The molecule has 4 amide bonds. The summed E-state index contributed by atoms with van der Waals surface area (Å²) < 4.78 is 16.2. The van der Waals surface area contributed by atoms with Gasteiger partial charge in [-0.05, 0) is 136 Å². The Morgan fingerprint density at radius 2 is 0.933 bits per heavy atom. The van der Waals surface area contributed by atoms with Gasteiger partial charge in [0.2, 0.25) is 23.7 Å². The second kappa shape index (κ2) is 46.8. The SMILES string of the molecule is CC#Cc1cnc(NC(=O)c2sc(Nc3s[nH]c(=O)c3C(N)=NC(CC)CO)nc2C)nc1.CCC(CO)N=C(N)c1c(Nc2nc(C)c(C(=O)Nc3ncc(-c4cnco4)cn3)s2)s[nH]c1=O.Cc1c(-c2ccccn2)ncc(Cl)c1NC(=O)c1sc(Nc2s[nH]c(=O)c2C(N)=NC(C)C)nc1O.Cc1nc(Nc2s[nH]c(=O)c2C(N)=NC(O)CO)sc1C(=O)Nc1ncc(Br)cn1. The molecular formula is C77H79BrClN33O14S8. The summed E-state index contributed by atoms with van der Waals surface area (Å²) in [4.78, 5) is 171. The number of carbonyl (C=O) groups excluding carboxylic acids is 4. The first-order valence-electron chi connectivity index (χ1n) is 38.8. The van der Waals surface area contributed by atoms with Crippen LogP contribution < -0.4 is 87.7 Å². The number of aliphatic hydroxyl groups is 4. The molecule has 0 radical (unpaired) electrons. The zero-order valence-corrected chi connectivity index (χ0v) is 80.1. The third-order valence-corrected chi connectivity index (χ3v) is 25.5. The van der Waals surface area contributed by atoms with Gasteiger partial charge in [0, 0.05) is 61.2 Å². The Kier molecular flexibility index (Phi) is 35.1. The van der Waals surface area contributed by atoms with E-state index in [1.54, 1.807) is 52.9 Å². The minimum absolute atomic E-state index is 0.00498.